The Kier molecular flexibility index (Phi) is 7.64. The molecular weight excluding hydrogens is 518 g/mol. The minimum atomic E-state index is -4.77. The van der Waals surface area contributed by atoms with Gasteiger partial charge in [-0.1, -0.05) is 59.6 Å². The first-order valence-corrected chi connectivity index (χ1v) is 11.6. The van der Waals surface area contributed by atoms with Crippen LogP contribution in [0.15, 0.2) is 85.1 Å². The molecular formula is C27H19Cl2F5N2. The molecule has 0 saturated heterocycles. The molecule has 0 amide bonds. The van der Waals surface area contributed by atoms with E-state index in [1.807, 2.05) is 18.2 Å². The van der Waals surface area contributed by atoms with Gasteiger partial charge in [0.1, 0.15) is 11.6 Å². The lowest BCUT2D eigenvalue weighted by atomic mass is 9.79. The highest BCUT2D eigenvalue weighted by atomic mass is 35.5. The number of nitrogens with zero attached hydrogens (tertiary/aromatic N) is 1. The molecule has 0 radical (unpaired) electrons. The normalized spacial score (nSPS) is 13.4. The fourth-order valence-corrected chi connectivity index (χ4v) is 4.34. The third-order valence-corrected chi connectivity index (χ3v) is 6.29. The summed E-state index contributed by atoms with van der Waals surface area (Å²) in [5.74, 6) is -1.65. The summed E-state index contributed by atoms with van der Waals surface area (Å²) in [6.45, 7) is 0.0645. The number of alkyl halides is 3. The highest BCUT2D eigenvalue weighted by molar-refractivity contribution is 6.30. The summed E-state index contributed by atoms with van der Waals surface area (Å²) in [5.41, 5.74) is -0.883. The number of rotatable bonds is 7. The van der Waals surface area contributed by atoms with Gasteiger partial charge in [0, 0.05) is 19.2 Å². The molecule has 1 N–H and O–H groups in total. The zero-order valence-corrected chi connectivity index (χ0v) is 20.1. The molecule has 4 aromatic rings. The topological polar surface area (TPSA) is 24.9 Å². The number of nitrogens with one attached hydrogen (secondary N) is 1. The predicted molar refractivity (Wildman–Crippen MR) is 130 cm³/mol. The summed E-state index contributed by atoms with van der Waals surface area (Å²) in [7, 11) is 0. The summed E-state index contributed by atoms with van der Waals surface area (Å²) < 4.78 is 69.4. The van der Waals surface area contributed by atoms with Crippen LogP contribution in [0.25, 0.3) is 0 Å². The van der Waals surface area contributed by atoms with Crippen molar-refractivity contribution in [1.29, 1.82) is 0 Å². The summed E-state index contributed by atoms with van der Waals surface area (Å²) in [6.07, 6.45) is -3.28. The second-order valence-electron chi connectivity index (χ2n) is 8.26. The maximum atomic E-state index is 14.6. The summed E-state index contributed by atoms with van der Waals surface area (Å²) in [6, 6.07) is 18.7. The molecule has 0 bridgehead atoms. The van der Waals surface area contributed by atoms with Gasteiger partial charge in [-0.25, -0.2) is 8.78 Å². The van der Waals surface area contributed by atoms with Gasteiger partial charge in [0.25, 0.3) is 0 Å². The van der Waals surface area contributed by atoms with Crippen LogP contribution in [0.3, 0.4) is 0 Å². The molecule has 0 aliphatic rings. The smallest absolute Gasteiger partial charge is 0.298 e. The van der Waals surface area contributed by atoms with Crippen LogP contribution in [0.4, 0.5) is 22.0 Å². The molecule has 0 aliphatic heterocycles. The summed E-state index contributed by atoms with van der Waals surface area (Å²) in [5, 5.41) is 3.51. The highest BCUT2D eigenvalue weighted by Gasteiger charge is 2.39. The molecule has 1 unspecified atom stereocenters. The van der Waals surface area contributed by atoms with E-state index in [-0.39, 0.29) is 23.6 Å². The Morgan fingerprint density at radius 2 is 1.50 bits per heavy atom. The zero-order valence-electron chi connectivity index (χ0n) is 18.6. The van der Waals surface area contributed by atoms with Crippen molar-refractivity contribution in [3.05, 3.63) is 135 Å². The molecule has 36 heavy (non-hydrogen) atoms. The van der Waals surface area contributed by atoms with Crippen molar-refractivity contribution in [1.82, 2.24) is 10.3 Å². The lowest BCUT2D eigenvalue weighted by Gasteiger charge is -2.36. The van der Waals surface area contributed by atoms with Crippen molar-refractivity contribution in [2.45, 2.75) is 24.7 Å². The van der Waals surface area contributed by atoms with Gasteiger partial charge in [0.05, 0.1) is 26.8 Å². The zero-order chi connectivity index (χ0) is 25.9. The first-order valence-electron chi connectivity index (χ1n) is 10.8. The molecule has 186 valence electrons. The Labute approximate surface area is 214 Å². The van der Waals surface area contributed by atoms with Gasteiger partial charge in [-0.2, -0.15) is 13.2 Å². The monoisotopic (exact) mass is 536 g/mol. The van der Waals surface area contributed by atoms with Crippen LogP contribution >= 0.6 is 23.2 Å². The van der Waals surface area contributed by atoms with Gasteiger partial charge in [0.15, 0.2) is 0 Å². The number of benzene rings is 3. The molecule has 9 heteroatoms. The molecule has 1 heterocycles. The Balaban J connectivity index is 1.92. The fraction of sp³-hybridized carbons (Fsp3) is 0.148. The van der Waals surface area contributed by atoms with Crippen LogP contribution in [0.5, 0.6) is 0 Å². The van der Waals surface area contributed by atoms with E-state index in [0.717, 1.165) is 17.7 Å². The molecule has 4 rings (SSSR count). The van der Waals surface area contributed by atoms with Crippen LogP contribution in [0, 0.1) is 11.6 Å². The molecule has 0 saturated carbocycles. The van der Waals surface area contributed by atoms with Gasteiger partial charge in [-0.15, -0.1) is 0 Å². The van der Waals surface area contributed by atoms with Crippen LogP contribution in [0.2, 0.25) is 10.0 Å². The summed E-state index contributed by atoms with van der Waals surface area (Å²) >= 11 is 12.0. The largest absolute Gasteiger partial charge is 0.416 e. The number of hydrogen-bond donors (Lipinski definition) is 1. The Morgan fingerprint density at radius 3 is 2.14 bits per heavy atom. The van der Waals surface area contributed by atoms with Crippen LogP contribution in [-0.4, -0.2) is 4.98 Å². The fourth-order valence-electron chi connectivity index (χ4n) is 4.03. The van der Waals surface area contributed by atoms with E-state index in [1.54, 1.807) is 24.3 Å². The third-order valence-electron chi connectivity index (χ3n) is 5.77. The van der Waals surface area contributed by atoms with E-state index in [2.05, 4.69) is 10.3 Å². The maximum absolute atomic E-state index is 14.6. The van der Waals surface area contributed by atoms with Gasteiger partial charge >= 0.3 is 6.18 Å². The molecule has 1 atom stereocenters. The maximum Gasteiger partial charge on any atom is 0.416 e. The van der Waals surface area contributed by atoms with Crippen LogP contribution in [-0.2, 0) is 24.7 Å². The molecule has 0 spiro atoms. The highest BCUT2D eigenvalue weighted by Crippen LogP contribution is 2.38. The van der Waals surface area contributed by atoms with Crippen molar-refractivity contribution in [2.75, 3.05) is 0 Å². The van der Waals surface area contributed by atoms with Gasteiger partial charge in [0.2, 0.25) is 0 Å². The molecule has 0 aliphatic carbocycles. The van der Waals surface area contributed by atoms with Crippen LogP contribution in [0.1, 0.15) is 27.9 Å². The number of pyridine rings is 1. The summed E-state index contributed by atoms with van der Waals surface area (Å²) in [4.78, 5) is 4.40. The average molecular weight is 537 g/mol. The predicted octanol–water partition coefficient (Wildman–Crippen LogP) is 7.96. The van der Waals surface area contributed by atoms with E-state index in [4.69, 9.17) is 23.2 Å². The van der Waals surface area contributed by atoms with Gasteiger partial charge in [-0.05, 0) is 59.2 Å². The first-order chi connectivity index (χ1) is 17.1. The van der Waals surface area contributed by atoms with E-state index in [1.165, 1.54) is 24.4 Å². The average Bonchev–Trinajstić information content (AvgIpc) is 2.84. The first kappa shape index (κ1) is 26.1. The number of halogens is 7. The van der Waals surface area contributed by atoms with E-state index < -0.39 is 28.9 Å². The van der Waals surface area contributed by atoms with Crippen molar-refractivity contribution >= 4 is 23.2 Å². The van der Waals surface area contributed by atoms with Crippen molar-refractivity contribution in [3.63, 3.8) is 0 Å². The van der Waals surface area contributed by atoms with E-state index in [9.17, 15) is 22.0 Å². The lowest BCUT2D eigenvalue weighted by molar-refractivity contribution is -0.137. The SMILES string of the molecule is Fc1cc(C(F)(F)F)cc(C(Cc2ccccc2)(NCc2ccc(F)c(Cl)c2)c2ccc(Cl)cn2)c1. The number of hydrogen-bond acceptors (Lipinski definition) is 2. The Morgan fingerprint density at radius 1 is 0.778 bits per heavy atom. The standard InChI is InChI=1S/C27H19Cl2F5N2/c28-21-7-9-25(35-16-21)26(14-17-4-2-1-3-5-17,36-15-18-6-8-24(31)23(29)10-18)19-11-20(27(32,33)34)13-22(30)12-19/h1-13,16,36H,14-15H2. The van der Waals surface area contributed by atoms with Crippen molar-refractivity contribution < 1.29 is 22.0 Å². The van der Waals surface area contributed by atoms with Gasteiger partial charge in [-0.3, -0.25) is 10.3 Å². The molecule has 1 aromatic heterocycles. The Hall–Kier alpha value is -3.00. The van der Waals surface area contributed by atoms with E-state index in [0.29, 0.717) is 22.3 Å². The Bertz CT molecular complexity index is 1340. The minimum Gasteiger partial charge on any atom is -0.298 e. The van der Waals surface area contributed by atoms with Crippen molar-refractivity contribution in [3.8, 4) is 0 Å². The quantitative estimate of drug-likeness (QED) is 0.242. The minimum absolute atomic E-state index is 0.0155. The van der Waals surface area contributed by atoms with Crippen LogP contribution < -0.4 is 5.32 Å². The van der Waals surface area contributed by atoms with Crippen molar-refractivity contribution in [2.24, 2.45) is 0 Å². The molecule has 2 nitrogen and oxygen atoms in total. The third kappa shape index (κ3) is 5.86. The van der Waals surface area contributed by atoms with Gasteiger partial charge < -0.3 is 0 Å². The lowest BCUT2D eigenvalue weighted by Crippen LogP contribution is -2.46. The second kappa shape index (κ2) is 10.5. The number of aromatic nitrogens is 1. The molecule has 0 fully saturated rings. The molecule has 3 aromatic carbocycles. The second-order valence-corrected chi connectivity index (χ2v) is 9.10. The van der Waals surface area contributed by atoms with E-state index >= 15 is 0 Å².